The lowest BCUT2D eigenvalue weighted by Crippen LogP contribution is -2.12. The zero-order valence-corrected chi connectivity index (χ0v) is 17.4. The zero-order chi connectivity index (χ0) is 19.6. The second kappa shape index (κ2) is 11.0. The molecule has 2 aromatic rings. The Kier molecular flexibility index (Phi) is 8.11. The molecule has 1 aliphatic rings. The Morgan fingerprint density at radius 3 is 1.93 bits per heavy atom. The van der Waals surface area contributed by atoms with Crippen LogP contribution in [0.4, 0.5) is 0 Å². The smallest absolute Gasteiger partial charge is 0.0721 e. The molecule has 0 radical (unpaired) electrons. The van der Waals surface area contributed by atoms with Gasteiger partial charge in [-0.25, -0.2) is 0 Å². The molecule has 3 rings (SSSR count). The molecule has 0 atom stereocenters. The van der Waals surface area contributed by atoms with Crippen LogP contribution >= 0.6 is 0 Å². The van der Waals surface area contributed by atoms with E-state index in [0.29, 0.717) is 19.1 Å². The molecule has 28 heavy (non-hydrogen) atoms. The summed E-state index contributed by atoms with van der Waals surface area (Å²) < 4.78 is 5.70. The largest absolute Gasteiger partial charge is 0.373 e. The summed E-state index contributed by atoms with van der Waals surface area (Å²) >= 11 is 0. The summed E-state index contributed by atoms with van der Waals surface area (Å²) in [5.41, 5.74) is 5.57. The maximum Gasteiger partial charge on any atom is 0.0721 e. The lowest BCUT2D eigenvalue weighted by molar-refractivity contribution is 0.148. The second-order valence-corrected chi connectivity index (χ2v) is 7.85. The fraction of sp³-hybridized carbons (Fsp3) is 0.407. The van der Waals surface area contributed by atoms with E-state index in [1.165, 1.54) is 47.9 Å². The van der Waals surface area contributed by atoms with Gasteiger partial charge in [-0.3, -0.25) is 0 Å². The minimum Gasteiger partial charge on any atom is -0.373 e. The Morgan fingerprint density at radius 2 is 1.39 bits per heavy atom. The molecule has 148 valence electrons. The number of ether oxygens (including phenoxy) is 1. The van der Waals surface area contributed by atoms with E-state index in [1.54, 1.807) is 0 Å². The monoisotopic (exact) mass is 374 g/mol. The first-order valence-electron chi connectivity index (χ1n) is 10.8. The van der Waals surface area contributed by atoms with Gasteiger partial charge >= 0.3 is 0 Å². The molecule has 1 saturated carbocycles. The normalized spacial score (nSPS) is 20.2. The predicted octanol–water partition coefficient (Wildman–Crippen LogP) is 7.64. The van der Waals surface area contributed by atoms with Gasteiger partial charge in [0.2, 0.25) is 0 Å². The van der Waals surface area contributed by atoms with Crippen LogP contribution < -0.4 is 0 Å². The Balaban J connectivity index is 1.48. The molecule has 0 aliphatic heterocycles. The highest BCUT2D eigenvalue weighted by Crippen LogP contribution is 2.40. The fourth-order valence-electron chi connectivity index (χ4n) is 4.20. The highest BCUT2D eigenvalue weighted by atomic mass is 16.5. The molecule has 0 unspecified atom stereocenters. The SMILES string of the molecule is C/C=C\c1ccc(C2CCC(c3ccc(COC/C=C/CC)cc3)CC2)cc1. The first kappa shape index (κ1) is 20.6. The van der Waals surface area contributed by atoms with Crippen LogP contribution in [0.1, 0.15) is 80.0 Å². The van der Waals surface area contributed by atoms with Gasteiger partial charge in [0, 0.05) is 0 Å². The summed E-state index contributed by atoms with van der Waals surface area (Å²) in [5, 5.41) is 0. The zero-order valence-electron chi connectivity index (χ0n) is 17.4. The standard InChI is InChI=1S/C27H34O/c1-3-5-6-20-28-21-23-10-14-25(15-11-23)27-18-16-26(17-19-27)24-12-8-22(7-4-2)9-13-24/h4-15,26-27H,3,16-21H2,1-2H3/b6-5+,7-4-. The highest BCUT2D eigenvalue weighted by Gasteiger charge is 2.23. The van der Waals surface area contributed by atoms with Crippen molar-refractivity contribution in [2.24, 2.45) is 0 Å². The summed E-state index contributed by atoms with van der Waals surface area (Å²) in [5.74, 6) is 1.43. The minimum atomic E-state index is 0.699. The van der Waals surface area contributed by atoms with Gasteiger partial charge in [0.05, 0.1) is 13.2 Å². The molecule has 0 amide bonds. The van der Waals surface area contributed by atoms with Gasteiger partial charge in [0.25, 0.3) is 0 Å². The van der Waals surface area contributed by atoms with Crippen LogP contribution in [0.15, 0.2) is 66.8 Å². The predicted molar refractivity (Wildman–Crippen MR) is 121 cm³/mol. The molecule has 1 fully saturated rings. The molecule has 2 aromatic carbocycles. The van der Waals surface area contributed by atoms with E-state index < -0.39 is 0 Å². The van der Waals surface area contributed by atoms with Gasteiger partial charge in [-0.2, -0.15) is 0 Å². The second-order valence-electron chi connectivity index (χ2n) is 7.85. The van der Waals surface area contributed by atoms with Crippen molar-refractivity contribution in [2.75, 3.05) is 6.61 Å². The van der Waals surface area contributed by atoms with Crippen LogP contribution in [-0.4, -0.2) is 6.61 Å². The lowest BCUT2D eigenvalue weighted by Gasteiger charge is -2.29. The summed E-state index contributed by atoms with van der Waals surface area (Å²) in [7, 11) is 0. The van der Waals surface area contributed by atoms with E-state index in [-0.39, 0.29) is 0 Å². The summed E-state index contributed by atoms with van der Waals surface area (Å²) in [6, 6.07) is 18.3. The van der Waals surface area contributed by atoms with Crippen molar-refractivity contribution >= 4 is 6.08 Å². The number of allylic oxidation sites excluding steroid dienone is 2. The number of hydrogen-bond donors (Lipinski definition) is 0. The molecule has 0 aromatic heterocycles. The lowest BCUT2D eigenvalue weighted by atomic mass is 9.76. The first-order valence-corrected chi connectivity index (χ1v) is 10.8. The average Bonchev–Trinajstić information content (AvgIpc) is 2.75. The van der Waals surface area contributed by atoms with E-state index >= 15 is 0 Å². The average molecular weight is 375 g/mol. The van der Waals surface area contributed by atoms with Gasteiger partial charge in [0.1, 0.15) is 0 Å². The summed E-state index contributed by atoms with van der Waals surface area (Å²) in [6.07, 6.45) is 14.7. The maximum atomic E-state index is 5.70. The van der Waals surface area contributed by atoms with Gasteiger partial charge in [0.15, 0.2) is 0 Å². The van der Waals surface area contributed by atoms with Gasteiger partial charge in [-0.1, -0.05) is 79.8 Å². The van der Waals surface area contributed by atoms with Gasteiger partial charge in [-0.15, -0.1) is 0 Å². The molecule has 1 aliphatic carbocycles. The Morgan fingerprint density at radius 1 is 0.821 bits per heavy atom. The third kappa shape index (κ3) is 5.94. The van der Waals surface area contributed by atoms with Crippen molar-refractivity contribution in [3.63, 3.8) is 0 Å². The minimum absolute atomic E-state index is 0.699. The molecule has 0 N–H and O–H groups in total. The van der Waals surface area contributed by atoms with E-state index in [9.17, 15) is 0 Å². The van der Waals surface area contributed by atoms with Crippen molar-refractivity contribution in [1.29, 1.82) is 0 Å². The molecular weight excluding hydrogens is 340 g/mol. The van der Waals surface area contributed by atoms with E-state index in [2.05, 4.69) is 86.7 Å². The molecular formula is C27H34O. The molecule has 1 heteroatoms. The fourth-order valence-corrected chi connectivity index (χ4v) is 4.20. The van der Waals surface area contributed by atoms with Crippen molar-refractivity contribution in [1.82, 2.24) is 0 Å². The van der Waals surface area contributed by atoms with Crippen LogP contribution in [0.2, 0.25) is 0 Å². The van der Waals surface area contributed by atoms with Crippen molar-refractivity contribution < 1.29 is 4.74 Å². The van der Waals surface area contributed by atoms with Crippen molar-refractivity contribution in [3.05, 3.63) is 89.0 Å². The Labute approximate surface area is 171 Å². The molecule has 0 spiro atoms. The van der Waals surface area contributed by atoms with Crippen LogP contribution in [0.25, 0.3) is 6.08 Å². The third-order valence-electron chi connectivity index (χ3n) is 5.83. The van der Waals surface area contributed by atoms with Crippen LogP contribution in [0.3, 0.4) is 0 Å². The maximum absolute atomic E-state index is 5.70. The van der Waals surface area contributed by atoms with Crippen molar-refractivity contribution in [3.8, 4) is 0 Å². The molecule has 0 heterocycles. The third-order valence-corrected chi connectivity index (χ3v) is 5.83. The van der Waals surface area contributed by atoms with Crippen LogP contribution in [-0.2, 0) is 11.3 Å². The summed E-state index contributed by atoms with van der Waals surface area (Å²) in [4.78, 5) is 0. The highest BCUT2D eigenvalue weighted by molar-refractivity contribution is 5.49. The van der Waals surface area contributed by atoms with E-state index in [4.69, 9.17) is 4.74 Å². The quantitative estimate of drug-likeness (QED) is 0.341. The van der Waals surface area contributed by atoms with Crippen LogP contribution in [0.5, 0.6) is 0 Å². The molecule has 1 nitrogen and oxygen atoms in total. The van der Waals surface area contributed by atoms with Gasteiger partial charge in [-0.05, 0) is 73.1 Å². The van der Waals surface area contributed by atoms with Crippen molar-refractivity contribution in [2.45, 2.75) is 64.4 Å². The number of benzene rings is 2. The number of hydrogen-bond acceptors (Lipinski definition) is 1. The van der Waals surface area contributed by atoms with Crippen LogP contribution in [0, 0.1) is 0 Å². The van der Waals surface area contributed by atoms with E-state index in [1.807, 2.05) is 0 Å². The van der Waals surface area contributed by atoms with E-state index in [0.717, 1.165) is 12.3 Å². The molecule has 0 bridgehead atoms. The topological polar surface area (TPSA) is 9.23 Å². The van der Waals surface area contributed by atoms with Gasteiger partial charge < -0.3 is 4.74 Å². The Bertz CT molecular complexity index is 744. The molecule has 0 saturated heterocycles. The first-order chi connectivity index (χ1) is 13.8. The number of rotatable bonds is 8. The summed E-state index contributed by atoms with van der Waals surface area (Å²) in [6.45, 7) is 5.61. The Hall–Kier alpha value is -2.12.